The number of rotatable bonds is 7. The number of hydrogen-bond donors (Lipinski definition) is 1. The number of carbonyl (C=O) groups is 1. The molecule has 174 valence electrons. The zero-order valence-corrected chi connectivity index (χ0v) is 21.0. The molecule has 3 aromatic carbocycles. The van der Waals surface area contributed by atoms with E-state index in [9.17, 15) is 13.2 Å². The zero-order valence-electron chi connectivity index (χ0n) is 20.1. The van der Waals surface area contributed by atoms with Gasteiger partial charge < -0.3 is 5.32 Å². The highest BCUT2D eigenvalue weighted by molar-refractivity contribution is 7.92. The van der Waals surface area contributed by atoms with Crippen LogP contribution in [-0.2, 0) is 16.6 Å². The van der Waals surface area contributed by atoms with Gasteiger partial charge in [0.1, 0.15) is 0 Å². The standard InChI is InChI=1S/C27H32N2O3S/c1-18-8-14-25(21(4)15-18)22(5)28-27(30)24-12-10-23(11-13-24)17-29(33(6,31)32)26-16-19(2)7-9-20(26)3/h7-16,22H,17H2,1-6H3,(H,28,30). The van der Waals surface area contributed by atoms with Gasteiger partial charge in [-0.1, -0.05) is 48.0 Å². The maximum atomic E-state index is 12.8. The number of sulfonamides is 1. The molecule has 1 amide bonds. The molecule has 5 nitrogen and oxygen atoms in total. The van der Waals surface area contributed by atoms with Crippen molar-refractivity contribution in [1.82, 2.24) is 5.32 Å². The number of nitrogens with one attached hydrogen (secondary N) is 1. The summed E-state index contributed by atoms with van der Waals surface area (Å²) in [6, 6.07) is 18.9. The second-order valence-corrected chi connectivity index (χ2v) is 10.7. The van der Waals surface area contributed by atoms with Crippen molar-refractivity contribution in [2.24, 2.45) is 0 Å². The van der Waals surface area contributed by atoms with Gasteiger partial charge in [0, 0.05) is 5.56 Å². The van der Waals surface area contributed by atoms with Gasteiger partial charge in [0.25, 0.3) is 5.91 Å². The molecule has 3 aromatic rings. The van der Waals surface area contributed by atoms with E-state index in [-0.39, 0.29) is 18.5 Å². The van der Waals surface area contributed by atoms with E-state index in [1.807, 2.05) is 65.0 Å². The van der Waals surface area contributed by atoms with E-state index in [1.54, 1.807) is 24.3 Å². The molecule has 0 fully saturated rings. The summed E-state index contributed by atoms with van der Waals surface area (Å²) in [5.41, 5.74) is 7.31. The Bertz CT molecular complexity index is 1270. The van der Waals surface area contributed by atoms with Gasteiger partial charge in [0.05, 0.1) is 24.5 Å². The summed E-state index contributed by atoms with van der Waals surface area (Å²) < 4.78 is 26.5. The molecule has 0 aromatic heterocycles. The Morgan fingerprint density at radius 3 is 2.09 bits per heavy atom. The SMILES string of the molecule is Cc1ccc(C(C)NC(=O)c2ccc(CN(c3cc(C)ccc3C)S(C)(=O)=O)cc2)c(C)c1. The Kier molecular flexibility index (Phi) is 7.28. The number of nitrogens with zero attached hydrogens (tertiary/aromatic N) is 1. The van der Waals surface area contributed by atoms with Gasteiger partial charge in [-0.05, 0) is 80.6 Å². The number of carbonyl (C=O) groups excluding carboxylic acids is 1. The first-order valence-electron chi connectivity index (χ1n) is 11.0. The highest BCUT2D eigenvalue weighted by Gasteiger charge is 2.20. The highest BCUT2D eigenvalue weighted by Crippen LogP contribution is 2.26. The molecule has 0 aliphatic rings. The molecular formula is C27H32N2O3S. The Morgan fingerprint density at radius 2 is 1.48 bits per heavy atom. The number of benzene rings is 3. The molecule has 0 spiro atoms. The van der Waals surface area contributed by atoms with Crippen molar-refractivity contribution >= 4 is 21.6 Å². The Morgan fingerprint density at radius 1 is 0.879 bits per heavy atom. The molecule has 1 N–H and O–H groups in total. The predicted octanol–water partition coefficient (Wildman–Crippen LogP) is 5.38. The van der Waals surface area contributed by atoms with Crippen LogP contribution >= 0.6 is 0 Å². The number of amides is 1. The maximum Gasteiger partial charge on any atom is 0.251 e. The molecule has 0 radical (unpaired) electrons. The van der Waals surface area contributed by atoms with E-state index < -0.39 is 10.0 Å². The van der Waals surface area contributed by atoms with E-state index in [2.05, 4.69) is 11.4 Å². The van der Waals surface area contributed by atoms with Gasteiger partial charge in [-0.3, -0.25) is 9.10 Å². The third-order valence-corrected chi connectivity index (χ3v) is 6.94. The van der Waals surface area contributed by atoms with Crippen molar-refractivity contribution in [1.29, 1.82) is 0 Å². The molecule has 0 saturated heterocycles. The van der Waals surface area contributed by atoms with E-state index >= 15 is 0 Å². The van der Waals surface area contributed by atoms with Crippen molar-refractivity contribution < 1.29 is 13.2 Å². The van der Waals surface area contributed by atoms with Crippen LogP contribution in [0, 0.1) is 27.7 Å². The monoisotopic (exact) mass is 464 g/mol. The summed E-state index contributed by atoms with van der Waals surface area (Å²) in [6.45, 7) is 10.1. The minimum Gasteiger partial charge on any atom is -0.346 e. The molecule has 0 bridgehead atoms. The van der Waals surface area contributed by atoms with Crippen LogP contribution in [0.25, 0.3) is 0 Å². The average Bonchev–Trinajstić information content (AvgIpc) is 2.73. The lowest BCUT2D eigenvalue weighted by atomic mass is 10.00. The van der Waals surface area contributed by atoms with Crippen LogP contribution in [-0.4, -0.2) is 20.6 Å². The van der Waals surface area contributed by atoms with Crippen molar-refractivity contribution in [3.05, 3.63) is 99.6 Å². The minimum absolute atomic E-state index is 0.122. The van der Waals surface area contributed by atoms with E-state index in [4.69, 9.17) is 0 Å². The lowest BCUT2D eigenvalue weighted by Gasteiger charge is -2.25. The van der Waals surface area contributed by atoms with Crippen LogP contribution in [0.1, 0.15) is 56.7 Å². The molecule has 1 unspecified atom stereocenters. The van der Waals surface area contributed by atoms with Crippen molar-refractivity contribution in [3.8, 4) is 0 Å². The van der Waals surface area contributed by atoms with Crippen LogP contribution in [0.2, 0.25) is 0 Å². The van der Waals surface area contributed by atoms with Gasteiger partial charge in [-0.25, -0.2) is 8.42 Å². The first kappa shape index (κ1) is 24.5. The molecular weight excluding hydrogens is 432 g/mol. The third kappa shape index (κ3) is 6.02. The summed E-state index contributed by atoms with van der Waals surface area (Å²) in [4.78, 5) is 12.8. The zero-order chi connectivity index (χ0) is 24.3. The fourth-order valence-electron chi connectivity index (χ4n) is 3.97. The Labute approximate surface area is 197 Å². The van der Waals surface area contributed by atoms with Crippen molar-refractivity contribution in [2.75, 3.05) is 10.6 Å². The predicted molar refractivity (Wildman–Crippen MR) is 135 cm³/mol. The van der Waals surface area contributed by atoms with Crippen molar-refractivity contribution in [2.45, 2.75) is 47.2 Å². The number of anilines is 1. The van der Waals surface area contributed by atoms with Crippen LogP contribution in [0.5, 0.6) is 0 Å². The van der Waals surface area contributed by atoms with E-state index in [0.717, 1.165) is 27.8 Å². The normalized spacial score (nSPS) is 12.3. The quantitative estimate of drug-likeness (QED) is 0.511. The Hall–Kier alpha value is -3.12. The van der Waals surface area contributed by atoms with Crippen LogP contribution in [0.3, 0.4) is 0 Å². The largest absolute Gasteiger partial charge is 0.346 e. The third-order valence-electron chi connectivity index (χ3n) is 5.82. The second-order valence-electron chi connectivity index (χ2n) is 8.81. The van der Waals surface area contributed by atoms with Crippen molar-refractivity contribution in [3.63, 3.8) is 0 Å². The first-order valence-corrected chi connectivity index (χ1v) is 12.8. The van der Waals surface area contributed by atoms with Gasteiger partial charge in [-0.15, -0.1) is 0 Å². The first-order chi connectivity index (χ1) is 15.5. The molecule has 3 rings (SSSR count). The van der Waals surface area contributed by atoms with Gasteiger partial charge in [0.15, 0.2) is 0 Å². The summed E-state index contributed by atoms with van der Waals surface area (Å²) in [5.74, 6) is -0.163. The van der Waals surface area contributed by atoms with Crippen LogP contribution < -0.4 is 9.62 Å². The molecule has 6 heteroatoms. The lowest BCUT2D eigenvalue weighted by Crippen LogP contribution is -2.30. The van der Waals surface area contributed by atoms with Gasteiger partial charge in [0.2, 0.25) is 10.0 Å². The van der Waals surface area contributed by atoms with Gasteiger partial charge in [-0.2, -0.15) is 0 Å². The summed E-state index contributed by atoms with van der Waals surface area (Å²) in [5, 5.41) is 3.05. The Balaban J connectivity index is 1.77. The molecule has 0 heterocycles. The molecule has 0 aliphatic carbocycles. The molecule has 33 heavy (non-hydrogen) atoms. The smallest absolute Gasteiger partial charge is 0.251 e. The lowest BCUT2D eigenvalue weighted by molar-refractivity contribution is 0.0940. The van der Waals surface area contributed by atoms with Crippen LogP contribution in [0.4, 0.5) is 5.69 Å². The fraction of sp³-hybridized carbons (Fsp3) is 0.296. The number of hydrogen-bond acceptors (Lipinski definition) is 3. The molecule has 0 aliphatic heterocycles. The topological polar surface area (TPSA) is 66.5 Å². The summed E-state index contributed by atoms with van der Waals surface area (Å²) in [6.07, 6.45) is 1.21. The number of aryl methyl sites for hydroxylation is 4. The fourth-order valence-corrected chi connectivity index (χ4v) is 4.90. The average molecular weight is 465 g/mol. The van der Waals surface area contributed by atoms with E-state index in [1.165, 1.54) is 16.1 Å². The van der Waals surface area contributed by atoms with E-state index in [0.29, 0.717) is 11.3 Å². The minimum atomic E-state index is -3.48. The molecule has 0 saturated carbocycles. The highest BCUT2D eigenvalue weighted by atomic mass is 32.2. The summed E-state index contributed by atoms with van der Waals surface area (Å²) in [7, 11) is -3.48. The van der Waals surface area contributed by atoms with Crippen LogP contribution in [0.15, 0.2) is 60.7 Å². The second kappa shape index (κ2) is 9.79. The maximum absolute atomic E-state index is 12.8. The van der Waals surface area contributed by atoms with Gasteiger partial charge >= 0.3 is 0 Å². The molecule has 1 atom stereocenters. The summed E-state index contributed by atoms with van der Waals surface area (Å²) >= 11 is 0.